The second-order valence-corrected chi connectivity index (χ2v) is 8.01. The first-order chi connectivity index (χ1) is 11.5. The Kier molecular flexibility index (Phi) is 4.68. The number of para-hydroxylation sites is 1. The fourth-order valence-corrected chi connectivity index (χ4v) is 4.70. The first-order valence-corrected chi connectivity index (χ1v) is 9.55. The zero-order valence-electron chi connectivity index (χ0n) is 13.1. The van der Waals surface area contributed by atoms with E-state index in [0.29, 0.717) is 17.6 Å². The normalized spacial score (nSPS) is 19.3. The number of hydrogen-bond donors (Lipinski definition) is 2. The van der Waals surface area contributed by atoms with Crippen LogP contribution in [0, 0.1) is 0 Å². The minimum atomic E-state index is -3.12. The molecule has 1 aromatic heterocycles. The first-order valence-electron chi connectivity index (χ1n) is 7.73. The van der Waals surface area contributed by atoms with Crippen molar-refractivity contribution in [1.82, 2.24) is 9.88 Å². The van der Waals surface area contributed by atoms with Gasteiger partial charge in [-0.3, -0.25) is 4.98 Å². The van der Waals surface area contributed by atoms with Gasteiger partial charge in [-0.15, -0.1) is 0 Å². The Morgan fingerprint density at radius 2 is 2.12 bits per heavy atom. The van der Waals surface area contributed by atoms with Crippen molar-refractivity contribution >= 4 is 32.5 Å². The summed E-state index contributed by atoms with van der Waals surface area (Å²) in [5.74, 6) is 0.0108. The molecule has 2 aromatic rings. The number of carbonyl (C=O) groups is 1. The Balaban J connectivity index is 1.83. The van der Waals surface area contributed by atoms with Crippen LogP contribution < -0.4 is 5.32 Å². The smallest absolute Gasteiger partial charge is 0.322 e. The first kappa shape index (κ1) is 16.7. The number of rotatable bonds is 4. The van der Waals surface area contributed by atoms with Gasteiger partial charge in [0.25, 0.3) is 0 Å². The molecule has 0 unspecified atom stereocenters. The van der Waals surface area contributed by atoms with E-state index in [1.165, 1.54) is 4.90 Å². The Labute approximate surface area is 140 Å². The molecule has 1 saturated heterocycles. The maximum Gasteiger partial charge on any atom is 0.322 e. The number of fused-ring (bicyclic) bond motifs is 1. The molecular formula is C16H19N3O4S. The van der Waals surface area contributed by atoms with Gasteiger partial charge in [0.2, 0.25) is 0 Å². The molecule has 0 aliphatic carbocycles. The predicted molar refractivity (Wildman–Crippen MR) is 91.6 cm³/mol. The molecule has 0 bridgehead atoms. The summed E-state index contributed by atoms with van der Waals surface area (Å²) in [4.78, 5) is 18.3. The van der Waals surface area contributed by atoms with Crippen molar-refractivity contribution in [2.45, 2.75) is 12.5 Å². The van der Waals surface area contributed by atoms with E-state index < -0.39 is 21.9 Å². The summed E-state index contributed by atoms with van der Waals surface area (Å²) < 4.78 is 23.3. The fourth-order valence-electron chi connectivity index (χ4n) is 2.97. The largest absolute Gasteiger partial charge is 0.395 e. The minimum Gasteiger partial charge on any atom is -0.395 e. The van der Waals surface area contributed by atoms with Crippen LogP contribution in [0.2, 0.25) is 0 Å². The number of hydrogen-bond acceptors (Lipinski definition) is 5. The zero-order chi connectivity index (χ0) is 17.2. The van der Waals surface area contributed by atoms with E-state index in [1.807, 2.05) is 24.3 Å². The summed E-state index contributed by atoms with van der Waals surface area (Å²) in [5.41, 5.74) is 1.22. The molecule has 2 amide bonds. The van der Waals surface area contributed by atoms with Crippen LogP contribution in [0.5, 0.6) is 0 Å². The number of pyridine rings is 1. The number of nitrogens with one attached hydrogen (secondary N) is 1. The molecular weight excluding hydrogens is 330 g/mol. The van der Waals surface area contributed by atoms with Crippen LogP contribution in [-0.2, 0) is 9.84 Å². The van der Waals surface area contributed by atoms with E-state index in [-0.39, 0.29) is 24.7 Å². The van der Waals surface area contributed by atoms with Crippen LogP contribution in [0.4, 0.5) is 10.5 Å². The van der Waals surface area contributed by atoms with Crippen molar-refractivity contribution in [2.24, 2.45) is 0 Å². The Bertz CT molecular complexity index is 848. The number of urea groups is 1. The third-order valence-corrected chi connectivity index (χ3v) is 5.88. The highest BCUT2D eigenvalue weighted by molar-refractivity contribution is 7.91. The summed E-state index contributed by atoms with van der Waals surface area (Å²) in [6.07, 6.45) is 2.04. The summed E-state index contributed by atoms with van der Waals surface area (Å²) in [5, 5.41) is 12.9. The zero-order valence-corrected chi connectivity index (χ0v) is 13.9. The van der Waals surface area contributed by atoms with Crippen LogP contribution in [0.3, 0.4) is 0 Å². The van der Waals surface area contributed by atoms with Crippen molar-refractivity contribution in [3.05, 3.63) is 36.5 Å². The highest BCUT2D eigenvalue weighted by atomic mass is 32.2. The van der Waals surface area contributed by atoms with Gasteiger partial charge in [0.05, 0.1) is 29.3 Å². The van der Waals surface area contributed by atoms with E-state index in [1.54, 1.807) is 12.3 Å². The predicted octanol–water partition coefficient (Wildman–Crippen LogP) is 1.25. The van der Waals surface area contributed by atoms with Crippen LogP contribution in [-0.4, -0.2) is 60.1 Å². The molecule has 1 aliphatic heterocycles. The van der Waals surface area contributed by atoms with E-state index in [9.17, 15) is 18.3 Å². The third-order valence-electron chi connectivity index (χ3n) is 4.13. The molecule has 0 saturated carbocycles. The third kappa shape index (κ3) is 3.49. The second-order valence-electron chi connectivity index (χ2n) is 5.78. The molecule has 128 valence electrons. The number of benzene rings is 1. The van der Waals surface area contributed by atoms with Crippen molar-refractivity contribution in [2.75, 3.05) is 30.0 Å². The SMILES string of the molecule is O=C(Nc1cccc2cccnc12)N(CCO)[C@@H]1CCS(=O)(=O)C1. The van der Waals surface area contributed by atoms with E-state index in [2.05, 4.69) is 10.3 Å². The van der Waals surface area contributed by atoms with Crippen LogP contribution in [0.15, 0.2) is 36.5 Å². The highest BCUT2D eigenvalue weighted by Gasteiger charge is 2.34. The van der Waals surface area contributed by atoms with Crippen molar-refractivity contribution in [1.29, 1.82) is 0 Å². The topological polar surface area (TPSA) is 99.6 Å². The van der Waals surface area contributed by atoms with Crippen molar-refractivity contribution in [3.63, 3.8) is 0 Å². The molecule has 7 nitrogen and oxygen atoms in total. The molecule has 1 fully saturated rings. The maximum atomic E-state index is 12.6. The van der Waals surface area contributed by atoms with Gasteiger partial charge >= 0.3 is 6.03 Å². The molecule has 1 aromatic carbocycles. The maximum absolute atomic E-state index is 12.6. The number of sulfone groups is 1. The van der Waals surface area contributed by atoms with E-state index >= 15 is 0 Å². The van der Waals surface area contributed by atoms with Crippen LogP contribution >= 0.6 is 0 Å². The lowest BCUT2D eigenvalue weighted by Gasteiger charge is -2.27. The summed E-state index contributed by atoms with van der Waals surface area (Å²) in [7, 11) is -3.12. The number of anilines is 1. The lowest BCUT2D eigenvalue weighted by atomic mass is 10.2. The summed E-state index contributed by atoms with van der Waals surface area (Å²) in [6, 6.07) is 8.33. The fraction of sp³-hybridized carbons (Fsp3) is 0.375. The Morgan fingerprint density at radius 1 is 1.33 bits per heavy atom. The number of aliphatic hydroxyl groups excluding tert-OH is 1. The van der Waals surface area contributed by atoms with Gasteiger partial charge in [0, 0.05) is 24.2 Å². The summed E-state index contributed by atoms with van der Waals surface area (Å²) in [6.45, 7) is -0.137. The van der Waals surface area contributed by atoms with Gasteiger partial charge in [-0.2, -0.15) is 0 Å². The van der Waals surface area contributed by atoms with Gasteiger partial charge in [-0.25, -0.2) is 13.2 Å². The Hall–Kier alpha value is -2.19. The highest BCUT2D eigenvalue weighted by Crippen LogP contribution is 2.23. The molecule has 8 heteroatoms. The minimum absolute atomic E-state index is 0.0613. The number of aromatic nitrogens is 1. The molecule has 1 atom stereocenters. The monoisotopic (exact) mass is 349 g/mol. The average molecular weight is 349 g/mol. The molecule has 24 heavy (non-hydrogen) atoms. The lowest BCUT2D eigenvalue weighted by molar-refractivity contribution is 0.169. The summed E-state index contributed by atoms with van der Waals surface area (Å²) >= 11 is 0. The standard InChI is InChI=1S/C16H19N3O4S/c20-9-8-19(13-6-10-24(22,23)11-13)16(21)18-14-5-1-3-12-4-2-7-17-15(12)14/h1-5,7,13,20H,6,8-11H2,(H,18,21)/t13-/m1/s1. The number of nitrogens with zero attached hydrogens (tertiary/aromatic N) is 2. The molecule has 2 N–H and O–H groups in total. The van der Waals surface area contributed by atoms with Crippen molar-refractivity contribution < 1.29 is 18.3 Å². The van der Waals surface area contributed by atoms with Gasteiger partial charge in [-0.05, 0) is 18.6 Å². The van der Waals surface area contributed by atoms with E-state index in [4.69, 9.17) is 0 Å². The molecule has 3 rings (SSSR count). The molecule has 0 radical (unpaired) electrons. The Morgan fingerprint density at radius 3 is 2.83 bits per heavy atom. The van der Waals surface area contributed by atoms with Gasteiger partial charge in [0.15, 0.2) is 9.84 Å². The van der Waals surface area contributed by atoms with Gasteiger partial charge in [-0.1, -0.05) is 18.2 Å². The quantitative estimate of drug-likeness (QED) is 0.865. The lowest BCUT2D eigenvalue weighted by Crippen LogP contribution is -2.45. The number of aliphatic hydroxyl groups is 1. The molecule has 2 heterocycles. The van der Waals surface area contributed by atoms with Crippen LogP contribution in [0.1, 0.15) is 6.42 Å². The van der Waals surface area contributed by atoms with Gasteiger partial charge < -0.3 is 15.3 Å². The van der Waals surface area contributed by atoms with Gasteiger partial charge in [0.1, 0.15) is 0 Å². The molecule has 0 spiro atoms. The van der Waals surface area contributed by atoms with E-state index in [0.717, 1.165) is 5.39 Å². The second kappa shape index (κ2) is 6.74. The average Bonchev–Trinajstić information content (AvgIpc) is 2.92. The van der Waals surface area contributed by atoms with Crippen molar-refractivity contribution in [3.8, 4) is 0 Å². The molecule has 1 aliphatic rings. The number of carbonyl (C=O) groups excluding carboxylic acids is 1. The van der Waals surface area contributed by atoms with Crippen LogP contribution in [0.25, 0.3) is 10.9 Å². The number of amides is 2.